The lowest BCUT2D eigenvalue weighted by Crippen LogP contribution is -2.29. The maximum Gasteiger partial charge on any atom is 0.00646 e. The van der Waals surface area contributed by atoms with Crippen molar-refractivity contribution in [3.63, 3.8) is 0 Å². The minimum absolute atomic E-state index is 0.397. The minimum atomic E-state index is 0.397. The van der Waals surface area contributed by atoms with Crippen molar-refractivity contribution >= 4 is 0 Å². The van der Waals surface area contributed by atoms with Crippen molar-refractivity contribution in [2.24, 2.45) is 17.1 Å². The summed E-state index contributed by atoms with van der Waals surface area (Å²) in [5.74, 6) is 0.673. The zero-order valence-corrected chi connectivity index (χ0v) is 9.35. The monoisotopic (exact) mass is 171 g/mol. The summed E-state index contributed by atoms with van der Waals surface area (Å²) in [4.78, 5) is 0. The maximum absolute atomic E-state index is 6.03. The molecule has 0 amide bonds. The van der Waals surface area contributed by atoms with Crippen molar-refractivity contribution < 1.29 is 0 Å². The van der Waals surface area contributed by atoms with Crippen LogP contribution in [0.25, 0.3) is 0 Å². The van der Waals surface area contributed by atoms with Crippen LogP contribution in [0, 0.1) is 11.3 Å². The molecular formula is C11H25N. The number of hydrogen-bond acceptors (Lipinski definition) is 1. The van der Waals surface area contributed by atoms with Crippen molar-refractivity contribution in [1.29, 1.82) is 0 Å². The lowest BCUT2D eigenvalue weighted by molar-refractivity contribution is 0.315. The molecule has 0 saturated carbocycles. The topological polar surface area (TPSA) is 26.0 Å². The van der Waals surface area contributed by atoms with Crippen molar-refractivity contribution in [2.45, 2.75) is 59.9 Å². The first kappa shape index (κ1) is 12.0. The Labute approximate surface area is 77.7 Å². The zero-order valence-electron chi connectivity index (χ0n) is 9.35. The Bertz CT molecular complexity index is 113. The molecule has 0 aliphatic heterocycles. The van der Waals surface area contributed by atoms with Crippen molar-refractivity contribution in [3.8, 4) is 0 Å². The standard InChI is InChI=1S/C11H25N/c1-6-9(2)10(12)7-8-11(3,4)5/h9-10H,6-8,12H2,1-5H3. The predicted molar refractivity (Wildman–Crippen MR) is 56.1 cm³/mol. The highest BCUT2D eigenvalue weighted by Crippen LogP contribution is 2.23. The van der Waals surface area contributed by atoms with Gasteiger partial charge in [-0.25, -0.2) is 0 Å². The van der Waals surface area contributed by atoms with E-state index in [2.05, 4.69) is 34.6 Å². The first-order chi connectivity index (χ1) is 5.37. The van der Waals surface area contributed by atoms with Gasteiger partial charge in [0.05, 0.1) is 0 Å². The van der Waals surface area contributed by atoms with Crippen LogP contribution in [-0.4, -0.2) is 6.04 Å². The molecule has 0 bridgehead atoms. The zero-order chi connectivity index (χ0) is 9.78. The average molecular weight is 171 g/mol. The maximum atomic E-state index is 6.03. The van der Waals surface area contributed by atoms with Gasteiger partial charge in [0.15, 0.2) is 0 Å². The summed E-state index contributed by atoms with van der Waals surface area (Å²) in [6, 6.07) is 0.397. The summed E-state index contributed by atoms with van der Waals surface area (Å²) in [6.45, 7) is 11.3. The molecule has 0 aromatic rings. The molecule has 0 aromatic carbocycles. The summed E-state index contributed by atoms with van der Waals surface area (Å²) >= 11 is 0. The average Bonchev–Trinajstić information content (AvgIpc) is 1.97. The molecule has 0 rings (SSSR count). The fourth-order valence-electron chi connectivity index (χ4n) is 1.19. The molecule has 0 radical (unpaired) electrons. The summed E-state index contributed by atoms with van der Waals surface area (Å²) in [7, 11) is 0. The predicted octanol–water partition coefficient (Wildman–Crippen LogP) is 3.19. The molecule has 0 aromatic heterocycles. The smallest absolute Gasteiger partial charge is 0.00646 e. The van der Waals surface area contributed by atoms with E-state index < -0.39 is 0 Å². The van der Waals surface area contributed by atoms with Gasteiger partial charge in [0.2, 0.25) is 0 Å². The SMILES string of the molecule is CCC(C)C(N)CCC(C)(C)C. The van der Waals surface area contributed by atoms with E-state index in [9.17, 15) is 0 Å². The van der Waals surface area contributed by atoms with Gasteiger partial charge in [-0.1, -0.05) is 41.0 Å². The third kappa shape index (κ3) is 5.59. The molecule has 74 valence electrons. The molecule has 0 saturated heterocycles. The van der Waals surface area contributed by atoms with Gasteiger partial charge in [-0.15, -0.1) is 0 Å². The highest BCUT2D eigenvalue weighted by molar-refractivity contribution is 4.71. The van der Waals surface area contributed by atoms with Crippen LogP contribution in [0.3, 0.4) is 0 Å². The number of rotatable bonds is 4. The summed E-state index contributed by atoms with van der Waals surface area (Å²) < 4.78 is 0. The summed E-state index contributed by atoms with van der Waals surface area (Å²) in [5, 5.41) is 0. The van der Waals surface area contributed by atoms with E-state index in [0.29, 0.717) is 17.4 Å². The molecule has 0 aliphatic carbocycles. The van der Waals surface area contributed by atoms with E-state index in [-0.39, 0.29) is 0 Å². The van der Waals surface area contributed by atoms with E-state index in [1.807, 2.05) is 0 Å². The van der Waals surface area contributed by atoms with Crippen LogP contribution >= 0.6 is 0 Å². The van der Waals surface area contributed by atoms with Gasteiger partial charge in [-0.3, -0.25) is 0 Å². The van der Waals surface area contributed by atoms with Crippen LogP contribution in [-0.2, 0) is 0 Å². The second-order valence-electron chi connectivity index (χ2n) is 5.15. The molecule has 1 nitrogen and oxygen atoms in total. The van der Waals surface area contributed by atoms with Crippen LogP contribution in [0.5, 0.6) is 0 Å². The molecule has 2 atom stereocenters. The van der Waals surface area contributed by atoms with E-state index in [1.165, 1.54) is 19.3 Å². The lowest BCUT2D eigenvalue weighted by Gasteiger charge is -2.23. The first-order valence-electron chi connectivity index (χ1n) is 5.12. The Morgan fingerprint density at radius 3 is 2.08 bits per heavy atom. The molecule has 2 unspecified atom stereocenters. The normalized spacial score (nSPS) is 17.5. The fourth-order valence-corrected chi connectivity index (χ4v) is 1.19. The Hall–Kier alpha value is -0.0400. The molecule has 1 heteroatoms. The van der Waals surface area contributed by atoms with Crippen molar-refractivity contribution in [1.82, 2.24) is 0 Å². The second-order valence-corrected chi connectivity index (χ2v) is 5.15. The first-order valence-corrected chi connectivity index (χ1v) is 5.12. The molecule has 0 heterocycles. The minimum Gasteiger partial charge on any atom is -0.327 e. The summed E-state index contributed by atoms with van der Waals surface area (Å²) in [5.41, 5.74) is 6.47. The van der Waals surface area contributed by atoms with Crippen LogP contribution in [0.1, 0.15) is 53.9 Å². The van der Waals surface area contributed by atoms with E-state index in [1.54, 1.807) is 0 Å². The van der Waals surface area contributed by atoms with Crippen LogP contribution in [0.2, 0.25) is 0 Å². The number of nitrogens with two attached hydrogens (primary N) is 1. The van der Waals surface area contributed by atoms with Crippen molar-refractivity contribution in [2.75, 3.05) is 0 Å². The van der Waals surface area contributed by atoms with E-state index in [4.69, 9.17) is 5.73 Å². The quantitative estimate of drug-likeness (QED) is 0.690. The van der Waals surface area contributed by atoms with Crippen LogP contribution in [0.4, 0.5) is 0 Å². The van der Waals surface area contributed by atoms with Gasteiger partial charge in [-0.2, -0.15) is 0 Å². The van der Waals surface area contributed by atoms with Crippen LogP contribution < -0.4 is 5.73 Å². The largest absolute Gasteiger partial charge is 0.327 e. The van der Waals surface area contributed by atoms with Gasteiger partial charge in [0.25, 0.3) is 0 Å². The molecule has 12 heavy (non-hydrogen) atoms. The van der Waals surface area contributed by atoms with Gasteiger partial charge in [0.1, 0.15) is 0 Å². The molecule has 0 spiro atoms. The van der Waals surface area contributed by atoms with E-state index >= 15 is 0 Å². The third-order valence-corrected chi connectivity index (χ3v) is 2.60. The highest BCUT2D eigenvalue weighted by Gasteiger charge is 2.15. The van der Waals surface area contributed by atoms with Gasteiger partial charge < -0.3 is 5.73 Å². The molecule has 0 aliphatic rings. The Kier molecular flexibility index (Phi) is 4.84. The lowest BCUT2D eigenvalue weighted by atomic mass is 9.85. The van der Waals surface area contributed by atoms with Gasteiger partial charge in [-0.05, 0) is 24.2 Å². The Morgan fingerprint density at radius 1 is 1.25 bits per heavy atom. The summed E-state index contributed by atoms with van der Waals surface area (Å²) in [6.07, 6.45) is 3.60. The second kappa shape index (κ2) is 4.86. The van der Waals surface area contributed by atoms with Gasteiger partial charge in [0, 0.05) is 6.04 Å². The molecular weight excluding hydrogens is 146 g/mol. The van der Waals surface area contributed by atoms with Crippen LogP contribution in [0.15, 0.2) is 0 Å². The number of hydrogen-bond donors (Lipinski definition) is 1. The Balaban J connectivity index is 3.64. The van der Waals surface area contributed by atoms with Gasteiger partial charge >= 0.3 is 0 Å². The van der Waals surface area contributed by atoms with E-state index in [0.717, 1.165) is 0 Å². The fraction of sp³-hybridized carbons (Fsp3) is 1.00. The van der Waals surface area contributed by atoms with Crippen molar-refractivity contribution in [3.05, 3.63) is 0 Å². The molecule has 0 fully saturated rings. The molecule has 2 N–H and O–H groups in total. The Morgan fingerprint density at radius 2 is 1.75 bits per heavy atom. The highest BCUT2D eigenvalue weighted by atomic mass is 14.6. The third-order valence-electron chi connectivity index (χ3n) is 2.60.